The average molecular weight is 912 g/mol. The first-order valence-corrected chi connectivity index (χ1v) is 21.8. The minimum atomic E-state index is -0.369. The predicted octanol–water partition coefficient (Wildman–Crippen LogP) is 7.82. The van der Waals surface area contributed by atoms with Gasteiger partial charge >= 0.3 is 19.2 Å². The van der Waals surface area contributed by atoms with Gasteiger partial charge < -0.3 is 39.2 Å². The van der Waals surface area contributed by atoms with Crippen LogP contribution in [-0.2, 0) is 31.9 Å². The number of carbonyl (C=O) groups is 2. The average Bonchev–Trinajstić information content (AvgIpc) is 3.38. The van der Waals surface area contributed by atoms with Crippen molar-refractivity contribution in [3.8, 4) is 11.3 Å². The number of aryl methyl sites for hydroxylation is 2. The summed E-state index contributed by atoms with van der Waals surface area (Å²) in [6, 6.07) is 15.3. The molecule has 3 saturated heterocycles. The maximum atomic E-state index is 12.3. The molecule has 2 aromatic heterocycles. The lowest BCUT2D eigenvalue weighted by molar-refractivity contribution is -0.0642. The van der Waals surface area contributed by atoms with E-state index in [2.05, 4.69) is 64.3 Å². The van der Waals surface area contributed by atoms with Crippen molar-refractivity contribution < 1.29 is 28.4 Å². The van der Waals surface area contributed by atoms with E-state index in [1.807, 2.05) is 71.9 Å². The Balaban J connectivity index is 0.000000199. The van der Waals surface area contributed by atoms with Crippen LogP contribution in [0.3, 0.4) is 0 Å². The summed E-state index contributed by atoms with van der Waals surface area (Å²) in [5, 5.41) is 7.11. The molecule has 0 radical (unpaired) electrons. The molecule has 334 valence electrons. The van der Waals surface area contributed by atoms with Gasteiger partial charge in [0.05, 0.1) is 67.5 Å². The van der Waals surface area contributed by atoms with Crippen LogP contribution in [0.4, 0.5) is 9.59 Å². The Kier molecular flexibility index (Phi) is 17.0. The summed E-state index contributed by atoms with van der Waals surface area (Å²) in [4.78, 5) is 43.4. The Morgan fingerprint density at radius 1 is 0.694 bits per heavy atom. The molecule has 3 aliphatic heterocycles. The first kappa shape index (κ1) is 48.9. The highest BCUT2D eigenvalue weighted by Gasteiger charge is 2.51. The quantitative estimate of drug-likeness (QED) is 0.119. The normalized spacial score (nSPS) is 16.8. The van der Waals surface area contributed by atoms with Crippen LogP contribution in [0, 0.1) is 13.8 Å². The lowest BCUT2D eigenvalue weighted by Gasteiger charge is -2.39. The van der Waals surface area contributed by atoms with E-state index >= 15 is 0 Å². The summed E-state index contributed by atoms with van der Waals surface area (Å²) < 4.78 is 23.6. The zero-order chi connectivity index (χ0) is 45.4. The van der Waals surface area contributed by atoms with Crippen LogP contribution >= 0.6 is 34.8 Å². The molecule has 5 heterocycles. The second-order valence-electron chi connectivity index (χ2n) is 17.0. The number of nitrogens with one attached hydrogen (secondary N) is 2. The smallest absolute Gasteiger partial charge is 0.399 e. The number of rotatable bonds is 10. The van der Waals surface area contributed by atoms with Gasteiger partial charge in [-0.25, -0.2) is 29.5 Å². The number of halogens is 3. The lowest BCUT2D eigenvalue weighted by atomic mass is 9.78. The van der Waals surface area contributed by atoms with Crippen molar-refractivity contribution in [2.75, 3.05) is 26.2 Å². The fourth-order valence-corrected chi connectivity index (χ4v) is 7.11. The Morgan fingerprint density at radius 2 is 1.13 bits per heavy atom. The molecule has 0 aliphatic carbocycles. The summed E-state index contributed by atoms with van der Waals surface area (Å²) in [6.07, 6.45) is 3.46. The van der Waals surface area contributed by atoms with Crippen LogP contribution in [0.5, 0.6) is 0 Å². The summed E-state index contributed by atoms with van der Waals surface area (Å²) in [7, 11) is -0.369. The van der Waals surface area contributed by atoms with Crippen molar-refractivity contribution in [3.63, 3.8) is 0 Å². The van der Waals surface area contributed by atoms with E-state index in [-0.39, 0.29) is 54.8 Å². The Bertz CT molecular complexity index is 2120. The zero-order valence-corrected chi connectivity index (χ0v) is 39.4. The third kappa shape index (κ3) is 13.7. The number of aromatic nitrogens is 4. The number of hydrogen-bond donors (Lipinski definition) is 2. The van der Waals surface area contributed by atoms with Crippen molar-refractivity contribution in [2.24, 2.45) is 0 Å². The fraction of sp³-hybridized carbons (Fsp3) is 0.500. The maximum Gasteiger partial charge on any atom is 0.494 e. The van der Waals surface area contributed by atoms with Crippen LogP contribution < -0.4 is 16.1 Å². The molecule has 0 spiro atoms. The molecule has 2 N–H and O–H groups in total. The minimum Gasteiger partial charge on any atom is -0.399 e. The third-order valence-electron chi connectivity index (χ3n) is 10.8. The van der Waals surface area contributed by atoms with E-state index in [0.29, 0.717) is 54.7 Å². The number of benzene rings is 2. The molecule has 14 nitrogen and oxygen atoms in total. The van der Waals surface area contributed by atoms with Crippen LogP contribution in [0.2, 0.25) is 15.5 Å². The van der Waals surface area contributed by atoms with Crippen LogP contribution in [0.1, 0.15) is 77.6 Å². The number of urea groups is 2. The second kappa shape index (κ2) is 21.5. The molecule has 7 rings (SSSR count). The molecule has 0 saturated carbocycles. The fourth-order valence-electron chi connectivity index (χ4n) is 6.62. The van der Waals surface area contributed by atoms with Crippen molar-refractivity contribution in [2.45, 2.75) is 118 Å². The first-order chi connectivity index (χ1) is 29.2. The van der Waals surface area contributed by atoms with Crippen molar-refractivity contribution in [1.82, 2.24) is 40.4 Å². The molecule has 0 unspecified atom stereocenters. The second-order valence-corrected chi connectivity index (χ2v) is 18.2. The molecule has 0 atom stereocenters. The van der Waals surface area contributed by atoms with Crippen molar-refractivity contribution in [3.05, 3.63) is 98.9 Å². The molecule has 3 fully saturated rings. The molecule has 2 aromatic carbocycles. The van der Waals surface area contributed by atoms with Crippen LogP contribution in [0.15, 0.2) is 61.2 Å². The molecule has 4 aromatic rings. The molecule has 62 heavy (non-hydrogen) atoms. The Morgan fingerprint density at radius 3 is 1.53 bits per heavy atom. The molecule has 3 aliphatic rings. The SMILES string of the molecule is Cc1cc(-c2cc(Cl)ncn2)ccc1CNC(=O)N1CC(OC(C)C)C1.Cc1cc(B2OC(C)(C)C(C)(C)O2)ccc1CNC(=O)N1CC(OC(C)C)C1.Clc1cc(Cl)ncn1. The van der Waals surface area contributed by atoms with Crippen molar-refractivity contribution >= 4 is 59.4 Å². The number of carbonyl (C=O) groups excluding carboxylic acids is 2. The number of nitrogens with zero attached hydrogens (tertiary/aromatic N) is 6. The van der Waals surface area contributed by atoms with Gasteiger partial charge in [0.2, 0.25) is 0 Å². The Hall–Kier alpha value is -4.09. The van der Waals surface area contributed by atoms with Gasteiger partial charge in [0.15, 0.2) is 0 Å². The molecular formula is C44H58BCl3N8O6. The van der Waals surface area contributed by atoms with Gasteiger partial charge in [-0.3, -0.25) is 0 Å². The van der Waals surface area contributed by atoms with E-state index in [1.165, 1.54) is 18.7 Å². The van der Waals surface area contributed by atoms with Gasteiger partial charge in [-0.2, -0.15) is 0 Å². The van der Waals surface area contributed by atoms with Crippen LogP contribution in [-0.4, -0.2) is 111 Å². The predicted molar refractivity (Wildman–Crippen MR) is 244 cm³/mol. The molecular weight excluding hydrogens is 854 g/mol. The summed E-state index contributed by atoms with van der Waals surface area (Å²) >= 11 is 16.7. The minimum absolute atomic E-state index is 0.0435. The first-order valence-electron chi connectivity index (χ1n) is 20.7. The summed E-state index contributed by atoms with van der Waals surface area (Å²) in [5.41, 5.74) is 6.39. The topological polar surface area (TPSA) is 153 Å². The number of amides is 4. The van der Waals surface area contributed by atoms with Gasteiger partial charge in [0, 0.05) is 30.8 Å². The van der Waals surface area contributed by atoms with E-state index < -0.39 is 0 Å². The largest absolute Gasteiger partial charge is 0.494 e. The van der Waals surface area contributed by atoms with E-state index in [0.717, 1.165) is 39.0 Å². The van der Waals surface area contributed by atoms with Crippen molar-refractivity contribution in [1.29, 1.82) is 0 Å². The van der Waals surface area contributed by atoms with Gasteiger partial charge in [0.1, 0.15) is 28.1 Å². The standard InChI is InChI=1S/C21H33BN2O4.C19H23ClN4O2.C4H2Cl2N2/c1-14(2)26-18-12-24(13-18)19(25)23-11-16-8-9-17(10-15(16)3)22-27-20(4,5)21(6,7)28-22;1-12(2)26-16-9-24(10-16)19(25)21-8-15-5-4-14(6-13(15)3)17-7-18(20)23-11-22-17;5-3-1-4(6)8-2-7-3/h8-10,14,18H,11-13H2,1-7H3,(H,23,25);4-7,11-12,16H,8-10H2,1-3H3,(H,21,25);1-2H. The summed E-state index contributed by atoms with van der Waals surface area (Å²) in [5.74, 6) is 0. The molecule has 4 amide bonds. The third-order valence-corrected chi connectivity index (χ3v) is 11.4. The van der Waals surface area contributed by atoms with Gasteiger partial charge in [-0.15, -0.1) is 0 Å². The van der Waals surface area contributed by atoms with Gasteiger partial charge in [-0.1, -0.05) is 65.1 Å². The van der Waals surface area contributed by atoms with E-state index in [9.17, 15) is 9.59 Å². The highest BCUT2D eigenvalue weighted by atomic mass is 35.5. The maximum absolute atomic E-state index is 12.3. The highest BCUT2D eigenvalue weighted by Crippen LogP contribution is 2.36. The molecule has 0 bridgehead atoms. The van der Waals surface area contributed by atoms with E-state index in [1.54, 1.807) is 15.9 Å². The molecule has 18 heteroatoms. The van der Waals surface area contributed by atoms with Crippen LogP contribution in [0.25, 0.3) is 11.3 Å². The number of hydrogen-bond acceptors (Lipinski definition) is 10. The lowest BCUT2D eigenvalue weighted by Crippen LogP contribution is -2.58. The zero-order valence-electron chi connectivity index (χ0n) is 37.2. The van der Waals surface area contributed by atoms with E-state index in [4.69, 9.17) is 53.6 Å². The monoisotopic (exact) mass is 910 g/mol. The van der Waals surface area contributed by atoms with Gasteiger partial charge in [0.25, 0.3) is 0 Å². The van der Waals surface area contributed by atoms with Gasteiger partial charge in [-0.05, 0) is 103 Å². The Labute approximate surface area is 380 Å². The number of ether oxygens (including phenoxy) is 2. The highest BCUT2D eigenvalue weighted by molar-refractivity contribution is 6.62. The summed E-state index contributed by atoms with van der Waals surface area (Å²) in [6.45, 7) is 23.9. The number of likely N-dealkylation sites (tertiary alicyclic amines) is 2.